The van der Waals surface area contributed by atoms with Gasteiger partial charge in [-0.1, -0.05) is 40.7 Å². The SMILES string of the molecule is CCCNC(c1ccc2c(c1)C(C)(C)CO2)C(C)C. The molecule has 1 aliphatic rings. The minimum Gasteiger partial charge on any atom is -0.492 e. The first kappa shape index (κ1) is 14.4. The lowest BCUT2D eigenvalue weighted by Gasteiger charge is -2.24. The summed E-state index contributed by atoms with van der Waals surface area (Å²) >= 11 is 0. The lowest BCUT2D eigenvalue weighted by Crippen LogP contribution is -2.27. The minimum absolute atomic E-state index is 0.137. The van der Waals surface area contributed by atoms with E-state index >= 15 is 0 Å². The summed E-state index contributed by atoms with van der Waals surface area (Å²) in [6, 6.07) is 7.13. The number of benzene rings is 1. The second-order valence-corrected chi connectivity index (χ2v) is 6.60. The van der Waals surface area contributed by atoms with Gasteiger partial charge in [-0.05, 0) is 36.6 Å². The lowest BCUT2D eigenvalue weighted by atomic mass is 9.84. The van der Waals surface area contributed by atoms with E-state index in [1.807, 2.05) is 0 Å². The predicted molar refractivity (Wildman–Crippen MR) is 80.8 cm³/mol. The molecule has 2 heteroatoms. The third-order valence-corrected chi connectivity index (χ3v) is 3.96. The summed E-state index contributed by atoms with van der Waals surface area (Å²) in [7, 11) is 0. The molecule has 0 spiro atoms. The van der Waals surface area contributed by atoms with Crippen molar-refractivity contribution in [3.63, 3.8) is 0 Å². The van der Waals surface area contributed by atoms with E-state index in [1.54, 1.807) is 0 Å². The van der Waals surface area contributed by atoms with Crippen LogP contribution in [0.3, 0.4) is 0 Å². The highest BCUT2D eigenvalue weighted by atomic mass is 16.5. The normalized spacial score (nSPS) is 18.2. The number of rotatable bonds is 5. The van der Waals surface area contributed by atoms with Gasteiger partial charge in [0.15, 0.2) is 0 Å². The van der Waals surface area contributed by atoms with Crippen LogP contribution in [0.2, 0.25) is 0 Å². The largest absolute Gasteiger partial charge is 0.492 e. The standard InChI is InChI=1S/C17H27NO/c1-6-9-18-16(12(2)3)13-7-8-15-14(10-13)17(4,5)11-19-15/h7-8,10,12,16,18H,6,9,11H2,1-5H3. The minimum atomic E-state index is 0.137. The van der Waals surface area contributed by atoms with Gasteiger partial charge in [-0.3, -0.25) is 0 Å². The van der Waals surface area contributed by atoms with E-state index in [1.165, 1.54) is 17.5 Å². The predicted octanol–water partition coefficient (Wildman–Crippen LogP) is 4.05. The van der Waals surface area contributed by atoms with Crippen LogP contribution in [-0.2, 0) is 5.41 Å². The van der Waals surface area contributed by atoms with Crippen molar-refractivity contribution in [1.29, 1.82) is 0 Å². The van der Waals surface area contributed by atoms with E-state index in [2.05, 4.69) is 58.1 Å². The van der Waals surface area contributed by atoms with Gasteiger partial charge >= 0.3 is 0 Å². The highest BCUT2D eigenvalue weighted by molar-refractivity contribution is 5.46. The summed E-state index contributed by atoms with van der Waals surface area (Å²) in [5.41, 5.74) is 2.88. The molecule has 106 valence electrons. The van der Waals surface area contributed by atoms with Gasteiger partial charge in [0, 0.05) is 17.0 Å². The first-order chi connectivity index (χ1) is 8.95. The smallest absolute Gasteiger partial charge is 0.123 e. The second kappa shape index (κ2) is 5.54. The lowest BCUT2D eigenvalue weighted by molar-refractivity contribution is 0.291. The van der Waals surface area contributed by atoms with Crippen molar-refractivity contribution in [1.82, 2.24) is 5.32 Å². The molecular weight excluding hydrogens is 234 g/mol. The highest BCUT2D eigenvalue weighted by Gasteiger charge is 2.32. The van der Waals surface area contributed by atoms with Crippen LogP contribution in [0.4, 0.5) is 0 Å². The molecule has 2 rings (SSSR count). The van der Waals surface area contributed by atoms with Gasteiger partial charge in [0.1, 0.15) is 5.75 Å². The van der Waals surface area contributed by atoms with Crippen molar-refractivity contribution >= 4 is 0 Å². The maximum Gasteiger partial charge on any atom is 0.123 e. The second-order valence-electron chi connectivity index (χ2n) is 6.60. The van der Waals surface area contributed by atoms with E-state index in [0.29, 0.717) is 12.0 Å². The van der Waals surface area contributed by atoms with E-state index in [0.717, 1.165) is 18.9 Å². The van der Waals surface area contributed by atoms with Crippen LogP contribution in [0.5, 0.6) is 5.75 Å². The van der Waals surface area contributed by atoms with Gasteiger partial charge in [-0.25, -0.2) is 0 Å². The zero-order valence-corrected chi connectivity index (χ0v) is 12.9. The quantitative estimate of drug-likeness (QED) is 0.863. The maximum absolute atomic E-state index is 5.77. The molecule has 19 heavy (non-hydrogen) atoms. The molecule has 1 aliphatic heterocycles. The average molecular weight is 261 g/mol. The van der Waals surface area contributed by atoms with Crippen molar-refractivity contribution in [3.8, 4) is 5.75 Å². The molecule has 1 heterocycles. The van der Waals surface area contributed by atoms with Crippen LogP contribution in [0.15, 0.2) is 18.2 Å². The molecule has 0 aromatic heterocycles. The number of fused-ring (bicyclic) bond motifs is 1. The third-order valence-electron chi connectivity index (χ3n) is 3.96. The molecule has 0 saturated carbocycles. The van der Waals surface area contributed by atoms with Gasteiger partial charge in [-0.2, -0.15) is 0 Å². The summed E-state index contributed by atoms with van der Waals surface area (Å²) in [5.74, 6) is 1.65. The Morgan fingerprint density at radius 3 is 2.68 bits per heavy atom. The molecule has 2 nitrogen and oxygen atoms in total. The number of ether oxygens (including phenoxy) is 1. The van der Waals surface area contributed by atoms with Crippen LogP contribution >= 0.6 is 0 Å². The van der Waals surface area contributed by atoms with Gasteiger partial charge < -0.3 is 10.1 Å². The molecular formula is C17H27NO. The molecule has 1 aromatic carbocycles. The zero-order chi connectivity index (χ0) is 14.0. The van der Waals surface area contributed by atoms with Crippen molar-refractivity contribution in [2.24, 2.45) is 5.92 Å². The Balaban J connectivity index is 2.29. The van der Waals surface area contributed by atoms with Crippen LogP contribution in [-0.4, -0.2) is 13.2 Å². The molecule has 0 aliphatic carbocycles. The van der Waals surface area contributed by atoms with Crippen LogP contribution in [0.25, 0.3) is 0 Å². The number of hydrogen-bond donors (Lipinski definition) is 1. The van der Waals surface area contributed by atoms with E-state index in [4.69, 9.17) is 4.74 Å². The molecule has 1 aromatic rings. The third kappa shape index (κ3) is 2.94. The van der Waals surface area contributed by atoms with Crippen LogP contribution < -0.4 is 10.1 Å². The molecule has 0 fully saturated rings. The van der Waals surface area contributed by atoms with E-state index in [9.17, 15) is 0 Å². The molecule has 0 bridgehead atoms. The van der Waals surface area contributed by atoms with Crippen molar-refractivity contribution in [2.75, 3.05) is 13.2 Å². The Bertz CT molecular complexity index is 437. The van der Waals surface area contributed by atoms with Crippen LogP contribution in [0, 0.1) is 5.92 Å². The van der Waals surface area contributed by atoms with Gasteiger partial charge in [0.25, 0.3) is 0 Å². The van der Waals surface area contributed by atoms with Gasteiger partial charge in [-0.15, -0.1) is 0 Å². The average Bonchev–Trinajstić information content (AvgIpc) is 2.66. The molecule has 0 amide bonds. The topological polar surface area (TPSA) is 21.3 Å². The first-order valence-electron chi connectivity index (χ1n) is 7.46. The van der Waals surface area contributed by atoms with Crippen LogP contribution in [0.1, 0.15) is 58.2 Å². The summed E-state index contributed by atoms with van der Waals surface area (Å²) in [6.45, 7) is 13.1. The highest BCUT2D eigenvalue weighted by Crippen LogP contribution is 2.40. The fraction of sp³-hybridized carbons (Fsp3) is 0.647. The molecule has 1 atom stereocenters. The van der Waals surface area contributed by atoms with Gasteiger partial charge in [0.05, 0.1) is 6.61 Å². The zero-order valence-electron chi connectivity index (χ0n) is 12.9. The first-order valence-corrected chi connectivity index (χ1v) is 7.46. The Labute approximate surface area is 117 Å². The summed E-state index contributed by atoms with van der Waals surface area (Å²) < 4.78 is 5.77. The fourth-order valence-corrected chi connectivity index (χ4v) is 2.77. The van der Waals surface area contributed by atoms with Gasteiger partial charge in [0.2, 0.25) is 0 Å². The fourth-order valence-electron chi connectivity index (χ4n) is 2.77. The molecule has 0 radical (unpaired) electrons. The number of hydrogen-bond acceptors (Lipinski definition) is 2. The Kier molecular flexibility index (Phi) is 4.19. The molecule has 1 N–H and O–H groups in total. The Morgan fingerprint density at radius 1 is 1.32 bits per heavy atom. The molecule has 1 unspecified atom stereocenters. The van der Waals surface area contributed by atoms with Crippen molar-refractivity contribution in [3.05, 3.63) is 29.3 Å². The monoisotopic (exact) mass is 261 g/mol. The Morgan fingerprint density at radius 2 is 2.05 bits per heavy atom. The number of nitrogens with one attached hydrogen (secondary N) is 1. The van der Waals surface area contributed by atoms with E-state index < -0.39 is 0 Å². The summed E-state index contributed by atoms with van der Waals surface area (Å²) in [4.78, 5) is 0. The van der Waals surface area contributed by atoms with Crippen molar-refractivity contribution < 1.29 is 4.74 Å². The maximum atomic E-state index is 5.77. The summed E-state index contributed by atoms with van der Waals surface area (Å²) in [6.07, 6.45) is 1.17. The Hall–Kier alpha value is -1.02. The molecule has 0 saturated heterocycles. The van der Waals surface area contributed by atoms with Crippen molar-refractivity contribution in [2.45, 2.75) is 52.5 Å². The summed E-state index contributed by atoms with van der Waals surface area (Å²) in [5, 5.41) is 3.66. The van der Waals surface area contributed by atoms with E-state index in [-0.39, 0.29) is 5.41 Å².